The molecule has 1 amide bonds. The fraction of sp³-hybridized carbons (Fsp3) is 0.350. The summed E-state index contributed by atoms with van der Waals surface area (Å²) < 4.78 is 45.2. The molecule has 1 heterocycles. The lowest BCUT2D eigenvalue weighted by molar-refractivity contribution is 0.0977. The number of rotatable bonds is 6. The van der Waals surface area contributed by atoms with E-state index in [1.807, 2.05) is 6.07 Å². The Kier molecular flexibility index (Phi) is 7.57. The fourth-order valence-corrected chi connectivity index (χ4v) is 4.19. The average molecular weight is 510 g/mol. The maximum Gasteiger partial charge on any atom is 0.267 e. The smallest absolute Gasteiger partial charge is 0.267 e. The molecule has 0 unspecified atom stereocenters. The minimum Gasteiger partial charge on any atom is -0.489 e. The van der Waals surface area contributed by atoms with E-state index >= 15 is 0 Å². The highest BCUT2D eigenvalue weighted by atomic mass is 35.5. The number of benzene rings is 2. The maximum absolute atomic E-state index is 14.4. The van der Waals surface area contributed by atoms with E-state index < -0.39 is 27.3 Å². The monoisotopic (exact) mass is 508 g/mol. The van der Waals surface area contributed by atoms with Crippen LogP contribution in [0, 0.1) is 5.82 Å². The van der Waals surface area contributed by atoms with Gasteiger partial charge in [0.05, 0.1) is 26.4 Å². The minimum atomic E-state index is -3.82. The van der Waals surface area contributed by atoms with Gasteiger partial charge in [0.15, 0.2) is 0 Å². The Balaban J connectivity index is 1.65. The molecule has 0 radical (unpaired) electrons. The lowest BCUT2D eigenvalue weighted by Gasteiger charge is -2.34. The maximum atomic E-state index is 14.4. The van der Waals surface area contributed by atoms with Gasteiger partial charge >= 0.3 is 0 Å². The Hall–Kier alpha value is -1.74. The standard InChI is InChI=1S/C20H20Cl3FN2O4S/c1-2-31(28,29)25-20(27)14-10-17(23)19(11-18(14)24)30-13-5-7-26(8-6-13)12-3-4-15(21)16(22)9-12/h3-4,9-11,13H,2,5-8H2,1H3,(H,25,27). The van der Waals surface area contributed by atoms with E-state index in [0.29, 0.717) is 36.0 Å². The van der Waals surface area contributed by atoms with Crippen LogP contribution in [0.2, 0.25) is 15.1 Å². The summed E-state index contributed by atoms with van der Waals surface area (Å²) in [6.45, 7) is 2.75. The lowest BCUT2D eigenvalue weighted by Crippen LogP contribution is -2.38. The van der Waals surface area contributed by atoms with E-state index in [1.54, 1.807) is 16.9 Å². The quantitative estimate of drug-likeness (QED) is 0.599. The molecular weight excluding hydrogens is 490 g/mol. The average Bonchev–Trinajstić information content (AvgIpc) is 2.72. The summed E-state index contributed by atoms with van der Waals surface area (Å²) in [6.07, 6.45) is 1.13. The van der Waals surface area contributed by atoms with E-state index in [-0.39, 0.29) is 22.6 Å². The van der Waals surface area contributed by atoms with Crippen molar-refractivity contribution in [3.8, 4) is 5.75 Å². The molecule has 11 heteroatoms. The van der Waals surface area contributed by atoms with E-state index in [0.717, 1.165) is 17.8 Å². The van der Waals surface area contributed by atoms with Crippen molar-refractivity contribution in [2.24, 2.45) is 0 Å². The van der Waals surface area contributed by atoms with Crippen LogP contribution in [0.1, 0.15) is 30.1 Å². The van der Waals surface area contributed by atoms with Gasteiger partial charge in [-0.1, -0.05) is 34.8 Å². The number of carbonyl (C=O) groups is 1. The first-order valence-electron chi connectivity index (χ1n) is 9.50. The lowest BCUT2D eigenvalue weighted by atomic mass is 10.1. The summed E-state index contributed by atoms with van der Waals surface area (Å²) in [4.78, 5) is 14.2. The van der Waals surface area contributed by atoms with Gasteiger partial charge in [-0.15, -0.1) is 0 Å². The Bertz CT molecular complexity index is 1090. The molecule has 1 aliphatic heterocycles. The first-order chi connectivity index (χ1) is 14.6. The van der Waals surface area contributed by atoms with Crippen molar-refractivity contribution in [3.05, 3.63) is 56.8 Å². The van der Waals surface area contributed by atoms with Crippen LogP contribution in [-0.2, 0) is 10.0 Å². The van der Waals surface area contributed by atoms with Gasteiger partial charge < -0.3 is 9.64 Å². The number of hydrogen-bond acceptors (Lipinski definition) is 5. The van der Waals surface area contributed by atoms with E-state index in [9.17, 15) is 17.6 Å². The zero-order chi connectivity index (χ0) is 22.8. The second-order valence-electron chi connectivity index (χ2n) is 7.00. The number of carbonyl (C=O) groups excluding carboxylic acids is 1. The summed E-state index contributed by atoms with van der Waals surface area (Å²) >= 11 is 18.2. The van der Waals surface area contributed by atoms with Crippen molar-refractivity contribution in [1.82, 2.24) is 4.72 Å². The number of hydrogen-bond donors (Lipinski definition) is 1. The van der Waals surface area contributed by atoms with Crippen molar-refractivity contribution >= 4 is 56.4 Å². The van der Waals surface area contributed by atoms with Crippen LogP contribution < -0.4 is 14.4 Å². The SMILES string of the molecule is CCS(=O)(=O)NC(=O)c1cc(Cl)c(OC2CCN(c3ccc(Cl)c(Cl)c3)CC2)cc1F. The van der Waals surface area contributed by atoms with Gasteiger partial charge in [0.1, 0.15) is 17.7 Å². The van der Waals surface area contributed by atoms with Gasteiger partial charge in [-0.3, -0.25) is 4.79 Å². The highest BCUT2D eigenvalue weighted by Gasteiger charge is 2.24. The number of nitrogens with one attached hydrogen (secondary N) is 1. The third kappa shape index (κ3) is 5.94. The Labute approximate surface area is 195 Å². The predicted molar refractivity (Wildman–Crippen MR) is 121 cm³/mol. The molecule has 2 aromatic carbocycles. The number of ether oxygens (including phenoxy) is 1. The van der Waals surface area contributed by atoms with Crippen LogP contribution >= 0.6 is 34.8 Å². The fourth-order valence-electron chi connectivity index (χ4n) is 3.15. The number of piperidine rings is 1. The molecule has 31 heavy (non-hydrogen) atoms. The van der Waals surface area contributed by atoms with Crippen LogP contribution in [0.25, 0.3) is 0 Å². The van der Waals surface area contributed by atoms with Crippen molar-refractivity contribution < 1.29 is 22.3 Å². The topological polar surface area (TPSA) is 75.7 Å². The Morgan fingerprint density at radius 1 is 1.13 bits per heavy atom. The highest BCUT2D eigenvalue weighted by molar-refractivity contribution is 7.90. The normalized spacial score (nSPS) is 15.1. The first kappa shape index (κ1) is 23.9. The third-order valence-corrected chi connectivity index (χ3v) is 7.19. The van der Waals surface area contributed by atoms with Gasteiger partial charge in [0.2, 0.25) is 10.0 Å². The van der Waals surface area contributed by atoms with Crippen LogP contribution in [-0.4, -0.2) is 39.3 Å². The van der Waals surface area contributed by atoms with Gasteiger partial charge in [-0.25, -0.2) is 17.5 Å². The van der Waals surface area contributed by atoms with Crippen LogP contribution in [0.5, 0.6) is 5.75 Å². The summed E-state index contributed by atoms with van der Waals surface area (Å²) in [6, 6.07) is 7.51. The van der Waals surface area contributed by atoms with Gasteiger partial charge in [0.25, 0.3) is 5.91 Å². The van der Waals surface area contributed by atoms with E-state index in [2.05, 4.69) is 4.90 Å². The van der Waals surface area contributed by atoms with Crippen molar-refractivity contribution in [1.29, 1.82) is 0 Å². The molecule has 0 bridgehead atoms. The van der Waals surface area contributed by atoms with Crippen LogP contribution in [0.4, 0.5) is 10.1 Å². The second kappa shape index (κ2) is 9.81. The molecule has 1 aliphatic rings. The van der Waals surface area contributed by atoms with Crippen molar-refractivity contribution in [3.63, 3.8) is 0 Å². The summed E-state index contributed by atoms with van der Waals surface area (Å²) in [7, 11) is -3.82. The van der Waals surface area contributed by atoms with Crippen molar-refractivity contribution in [2.45, 2.75) is 25.9 Å². The zero-order valence-corrected chi connectivity index (χ0v) is 19.6. The molecule has 1 saturated heterocycles. The highest BCUT2D eigenvalue weighted by Crippen LogP contribution is 2.32. The molecule has 168 valence electrons. The Morgan fingerprint density at radius 3 is 2.42 bits per heavy atom. The predicted octanol–water partition coefficient (Wildman–Crippen LogP) is 4.91. The Morgan fingerprint density at radius 2 is 1.81 bits per heavy atom. The molecule has 0 atom stereocenters. The first-order valence-corrected chi connectivity index (χ1v) is 12.3. The second-order valence-corrected chi connectivity index (χ2v) is 10.2. The number of sulfonamides is 1. The molecule has 2 aromatic rings. The molecule has 0 aromatic heterocycles. The molecule has 6 nitrogen and oxygen atoms in total. The number of nitrogens with zero attached hydrogens (tertiary/aromatic N) is 1. The molecule has 1 fully saturated rings. The molecule has 3 rings (SSSR count). The molecule has 0 spiro atoms. The number of amides is 1. The molecular formula is C20H20Cl3FN2O4S. The van der Waals surface area contributed by atoms with Gasteiger partial charge in [-0.05, 0) is 31.2 Å². The number of anilines is 1. The summed E-state index contributed by atoms with van der Waals surface area (Å²) in [5.74, 6) is -2.21. The number of halogens is 4. The summed E-state index contributed by atoms with van der Waals surface area (Å²) in [5.41, 5.74) is 0.484. The summed E-state index contributed by atoms with van der Waals surface area (Å²) in [5, 5.41) is 0.993. The molecule has 1 N–H and O–H groups in total. The largest absolute Gasteiger partial charge is 0.489 e. The molecule has 0 saturated carbocycles. The van der Waals surface area contributed by atoms with Gasteiger partial charge in [-0.2, -0.15) is 0 Å². The molecule has 0 aliphatic carbocycles. The van der Waals surface area contributed by atoms with E-state index in [1.165, 1.54) is 6.92 Å². The minimum absolute atomic E-state index is 0.0207. The zero-order valence-electron chi connectivity index (χ0n) is 16.5. The van der Waals surface area contributed by atoms with Crippen LogP contribution in [0.3, 0.4) is 0 Å². The third-order valence-electron chi connectivity index (χ3n) is 4.90. The van der Waals surface area contributed by atoms with Crippen LogP contribution in [0.15, 0.2) is 30.3 Å². The van der Waals surface area contributed by atoms with Gasteiger partial charge in [0, 0.05) is 37.7 Å². The van der Waals surface area contributed by atoms with Crippen molar-refractivity contribution in [2.75, 3.05) is 23.7 Å². The van der Waals surface area contributed by atoms with E-state index in [4.69, 9.17) is 39.5 Å².